The predicted molar refractivity (Wildman–Crippen MR) is 186 cm³/mol. The van der Waals surface area contributed by atoms with Gasteiger partial charge in [0.25, 0.3) is 0 Å². The summed E-state index contributed by atoms with van der Waals surface area (Å²) in [5.41, 5.74) is 2.41. The highest BCUT2D eigenvalue weighted by atomic mass is 127. The van der Waals surface area contributed by atoms with E-state index >= 15 is 0 Å². The molecule has 0 unspecified atom stereocenters. The van der Waals surface area contributed by atoms with Crippen LogP contribution in [0, 0.1) is 39.2 Å². The molecule has 0 aliphatic heterocycles. The molecule has 0 aliphatic carbocycles. The Balaban J connectivity index is 0.000000220. The van der Waals surface area contributed by atoms with Gasteiger partial charge in [-0.2, -0.15) is 0 Å². The first-order valence-corrected chi connectivity index (χ1v) is 15.7. The molecule has 49 heavy (non-hydrogen) atoms. The lowest BCUT2D eigenvalue weighted by Gasteiger charge is -2.04. The summed E-state index contributed by atoms with van der Waals surface area (Å²) >= 11 is 1.73. The number of aromatic hydroxyl groups is 1. The molecule has 12 heteroatoms. The number of nitrogens with one attached hydrogen (secondary N) is 1. The van der Waals surface area contributed by atoms with Gasteiger partial charge in [0.15, 0.2) is 0 Å². The Morgan fingerprint density at radius 2 is 1.49 bits per heavy atom. The van der Waals surface area contributed by atoms with E-state index < -0.39 is 23.6 Å². The van der Waals surface area contributed by atoms with Crippen molar-refractivity contribution in [1.29, 1.82) is 0 Å². The molecule has 2 N–H and O–H groups in total. The minimum atomic E-state index is -0.755. The Bertz CT molecular complexity index is 2000. The van der Waals surface area contributed by atoms with Crippen LogP contribution in [-0.4, -0.2) is 38.3 Å². The maximum absolute atomic E-state index is 14.1. The van der Waals surface area contributed by atoms with Gasteiger partial charge in [-0.15, -0.1) is 6.42 Å². The Morgan fingerprint density at radius 3 is 2.08 bits per heavy atom. The maximum atomic E-state index is 14.1. The van der Waals surface area contributed by atoms with Gasteiger partial charge in [-0.1, -0.05) is 37.5 Å². The first-order valence-electron chi connectivity index (χ1n) is 14.6. The fraction of sp³-hybridized carbons (Fsp3) is 0.189. The number of hydrogen-bond donors (Lipinski definition) is 2. The summed E-state index contributed by atoms with van der Waals surface area (Å²) in [6.45, 7) is 2.43. The van der Waals surface area contributed by atoms with Gasteiger partial charge in [0, 0.05) is 28.6 Å². The first-order chi connectivity index (χ1) is 23.4. The van der Waals surface area contributed by atoms with Crippen molar-refractivity contribution in [2.24, 2.45) is 0 Å². The standard InChI is InChI=1S/C18H15F2NO3.C11H11F.C8H6FIO3/c1-21-9-11-4-3-10(6-15(11)20)16-7-12-5-13(19)8-14(17(12)24-16)18(22)23-2;1-3-5-10-7-6-9(4-2)8-11(10)12;1-13-8(12)5-2-4(9)3-6(10)7(5)11/h3-8,21H,9H2,1-2H3;2,6-8H,3,5H2,1H3;2-3,11H,1H3. The van der Waals surface area contributed by atoms with Gasteiger partial charge in [-0.05, 0) is 90.2 Å². The Kier molecular flexibility index (Phi) is 14.2. The summed E-state index contributed by atoms with van der Waals surface area (Å²) in [4.78, 5) is 22.8. The van der Waals surface area contributed by atoms with Crippen LogP contribution < -0.4 is 5.32 Å². The average molecular weight is 790 g/mol. The molecule has 0 saturated heterocycles. The van der Waals surface area contributed by atoms with E-state index in [4.69, 9.17) is 10.8 Å². The summed E-state index contributed by atoms with van der Waals surface area (Å²) in [5, 5.41) is 12.6. The van der Waals surface area contributed by atoms with Gasteiger partial charge < -0.3 is 24.3 Å². The molecule has 0 saturated carbocycles. The maximum Gasteiger partial charge on any atom is 0.341 e. The SMILES string of the molecule is C#Cc1ccc(CCC)c(F)c1.CNCc1ccc(-c2cc3cc(F)cc(C(=O)OC)c3o2)cc1F.COC(=O)c1cc(F)cc(I)c1O. The van der Waals surface area contributed by atoms with Crippen LogP contribution in [0.5, 0.6) is 5.75 Å². The van der Waals surface area contributed by atoms with Crippen LogP contribution >= 0.6 is 22.6 Å². The van der Waals surface area contributed by atoms with E-state index in [1.54, 1.807) is 60.0 Å². The highest BCUT2D eigenvalue weighted by molar-refractivity contribution is 14.1. The second-order valence-corrected chi connectivity index (χ2v) is 11.4. The number of aryl methyl sites for hydroxylation is 1. The molecule has 1 heterocycles. The first kappa shape index (κ1) is 38.6. The molecule has 0 spiro atoms. The topological polar surface area (TPSA) is 98.0 Å². The fourth-order valence-electron chi connectivity index (χ4n) is 4.50. The predicted octanol–water partition coefficient (Wildman–Crippen LogP) is 8.57. The summed E-state index contributed by atoms with van der Waals surface area (Å²) < 4.78 is 68.6. The molecular formula is C37H32F4INO6. The van der Waals surface area contributed by atoms with E-state index in [9.17, 15) is 32.3 Å². The minimum absolute atomic E-state index is 0.00831. The van der Waals surface area contributed by atoms with Crippen LogP contribution in [0.1, 0.15) is 50.8 Å². The number of benzene rings is 4. The third-order valence-corrected chi connectivity index (χ3v) is 7.69. The van der Waals surface area contributed by atoms with Crippen molar-refractivity contribution in [3.63, 3.8) is 0 Å². The zero-order valence-electron chi connectivity index (χ0n) is 26.9. The van der Waals surface area contributed by atoms with Gasteiger partial charge in [-0.25, -0.2) is 27.2 Å². The molecule has 0 atom stereocenters. The zero-order chi connectivity index (χ0) is 36.2. The van der Waals surface area contributed by atoms with Crippen molar-refractivity contribution in [1.82, 2.24) is 5.32 Å². The van der Waals surface area contributed by atoms with Crippen LogP contribution in [0.3, 0.4) is 0 Å². The number of rotatable bonds is 7. The molecule has 0 aliphatic rings. The van der Waals surface area contributed by atoms with Gasteiger partial charge in [0.05, 0.1) is 17.8 Å². The molecule has 7 nitrogen and oxygen atoms in total. The molecule has 5 rings (SSSR count). The van der Waals surface area contributed by atoms with Crippen LogP contribution in [0.25, 0.3) is 22.3 Å². The van der Waals surface area contributed by atoms with Crippen molar-refractivity contribution >= 4 is 45.5 Å². The largest absolute Gasteiger partial charge is 0.506 e. The second kappa shape index (κ2) is 18.0. The van der Waals surface area contributed by atoms with Crippen LogP contribution in [-0.2, 0) is 22.4 Å². The van der Waals surface area contributed by atoms with E-state index in [-0.39, 0.29) is 37.7 Å². The summed E-state index contributed by atoms with van der Waals surface area (Å²) in [6.07, 6.45) is 6.85. The quantitative estimate of drug-likeness (QED) is 0.0739. The normalized spacial score (nSPS) is 10.3. The van der Waals surface area contributed by atoms with Crippen molar-refractivity contribution < 1.29 is 46.1 Å². The van der Waals surface area contributed by atoms with Crippen LogP contribution in [0.15, 0.2) is 71.1 Å². The molecule has 4 aromatic carbocycles. The van der Waals surface area contributed by atoms with Gasteiger partial charge >= 0.3 is 11.9 Å². The monoisotopic (exact) mass is 789 g/mol. The fourth-order valence-corrected chi connectivity index (χ4v) is 5.08. The van der Waals surface area contributed by atoms with E-state index in [0.717, 1.165) is 36.6 Å². The number of carbonyl (C=O) groups is 2. The summed E-state index contributed by atoms with van der Waals surface area (Å²) in [7, 11) is 4.10. The van der Waals surface area contributed by atoms with E-state index in [1.165, 1.54) is 32.4 Å². The third-order valence-electron chi connectivity index (χ3n) is 6.86. The summed E-state index contributed by atoms with van der Waals surface area (Å²) in [6, 6.07) is 15.6. The smallest absolute Gasteiger partial charge is 0.341 e. The number of furan rings is 1. The second-order valence-electron chi connectivity index (χ2n) is 10.3. The van der Waals surface area contributed by atoms with Crippen molar-refractivity contribution in [3.05, 3.63) is 121 Å². The molecule has 1 aromatic heterocycles. The number of carbonyl (C=O) groups excluding carboxylic acids is 2. The molecule has 0 fully saturated rings. The highest BCUT2D eigenvalue weighted by Gasteiger charge is 2.19. The summed E-state index contributed by atoms with van der Waals surface area (Å²) in [5.74, 6) is -0.688. The number of phenols is 1. The molecule has 0 radical (unpaired) electrons. The number of ether oxygens (including phenoxy) is 2. The van der Waals surface area contributed by atoms with Gasteiger partial charge in [0.2, 0.25) is 0 Å². The lowest BCUT2D eigenvalue weighted by Crippen LogP contribution is -2.06. The number of phenolic OH excluding ortho intramolecular Hbond substituents is 1. The lowest BCUT2D eigenvalue weighted by molar-refractivity contribution is 0.0589. The van der Waals surface area contributed by atoms with Crippen LogP contribution in [0.2, 0.25) is 0 Å². The van der Waals surface area contributed by atoms with Gasteiger partial charge in [0.1, 0.15) is 51.5 Å². The highest BCUT2D eigenvalue weighted by Crippen LogP contribution is 2.32. The zero-order valence-corrected chi connectivity index (χ0v) is 29.1. The third kappa shape index (κ3) is 10.1. The Hall–Kier alpha value is -4.87. The van der Waals surface area contributed by atoms with Crippen molar-refractivity contribution in [2.75, 3.05) is 21.3 Å². The van der Waals surface area contributed by atoms with E-state index in [1.807, 2.05) is 6.92 Å². The van der Waals surface area contributed by atoms with Gasteiger partial charge in [-0.3, -0.25) is 0 Å². The number of hydrogen-bond acceptors (Lipinski definition) is 7. The molecule has 256 valence electrons. The van der Waals surface area contributed by atoms with Crippen LogP contribution in [0.4, 0.5) is 17.6 Å². The minimum Gasteiger partial charge on any atom is -0.506 e. The number of halogens is 5. The van der Waals surface area contributed by atoms with E-state index in [0.29, 0.717) is 34.4 Å². The number of fused-ring (bicyclic) bond motifs is 1. The lowest BCUT2D eigenvalue weighted by atomic mass is 10.1. The Labute approximate surface area is 294 Å². The number of esters is 2. The molecular weight excluding hydrogens is 757 g/mol. The molecule has 0 bridgehead atoms. The molecule has 5 aromatic rings. The average Bonchev–Trinajstić information content (AvgIpc) is 3.52. The molecule has 0 amide bonds. The number of terminal acetylenes is 1. The number of methoxy groups -OCH3 is 2. The van der Waals surface area contributed by atoms with E-state index in [2.05, 4.69) is 20.7 Å². The van der Waals surface area contributed by atoms with Crippen molar-refractivity contribution in [3.8, 4) is 29.4 Å². The van der Waals surface area contributed by atoms with Crippen molar-refractivity contribution in [2.45, 2.75) is 26.3 Å². The Morgan fingerprint density at radius 1 is 0.878 bits per heavy atom.